The maximum absolute atomic E-state index is 12.3. The number of carbonyl (C=O) groups is 1. The van der Waals surface area contributed by atoms with Crippen LogP contribution in [0.1, 0.15) is 18.9 Å². The summed E-state index contributed by atoms with van der Waals surface area (Å²) in [5.74, 6) is -0.458. The van der Waals surface area contributed by atoms with Crippen LogP contribution < -0.4 is 5.32 Å². The summed E-state index contributed by atoms with van der Waals surface area (Å²) in [5, 5.41) is 7.71. The lowest BCUT2D eigenvalue weighted by Gasteiger charge is -2.14. The number of aromatic nitrogens is 1. The number of nitrogens with zero attached hydrogens (tertiary/aromatic N) is 2. The van der Waals surface area contributed by atoms with E-state index in [0.29, 0.717) is 27.9 Å². The largest absolute Gasteiger partial charge is 0.399 e. The molecule has 24 heavy (non-hydrogen) atoms. The van der Waals surface area contributed by atoms with Gasteiger partial charge in [0.05, 0.1) is 27.6 Å². The topological polar surface area (TPSA) is 63.6 Å². The number of pyridine rings is 1. The molecule has 0 aliphatic carbocycles. The van der Waals surface area contributed by atoms with Gasteiger partial charge in [-0.15, -0.1) is 0 Å². The van der Waals surface area contributed by atoms with Crippen molar-refractivity contribution in [2.45, 2.75) is 13.3 Å². The van der Waals surface area contributed by atoms with E-state index in [1.807, 2.05) is 6.92 Å². The number of halogens is 2. The molecule has 0 saturated heterocycles. The molecule has 1 aromatic heterocycles. The van der Waals surface area contributed by atoms with Crippen LogP contribution in [0, 0.1) is 5.92 Å². The van der Waals surface area contributed by atoms with Gasteiger partial charge in [0, 0.05) is 24.1 Å². The normalized spacial score (nSPS) is 12.6. The highest BCUT2D eigenvalue weighted by molar-refractivity contribution is 6.42. The number of hydrogen-bond donors (Lipinski definition) is 1. The molecule has 0 radical (unpaired) electrons. The number of benzene rings is 1. The van der Waals surface area contributed by atoms with Gasteiger partial charge >= 0.3 is 0 Å². The zero-order valence-electron chi connectivity index (χ0n) is 13.3. The first-order valence-electron chi connectivity index (χ1n) is 7.27. The Bertz CT molecular complexity index is 736. The Morgan fingerprint density at radius 2 is 2.12 bits per heavy atom. The number of anilines is 1. The van der Waals surface area contributed by atoms with Crippen molar-refractivity contribution >= 4 is 40.5 Å². The molecule has 0 spiro atoms. The van der Waals surface area contributed by atoms with E-state index in [4.69, 9.17) is 28.0 Å². The highest BCUT2D eigenvalue weighted by atomic mass is 35.5. The Morgan fingerprint density at radius 3 is 2.75 bits per heavy atom. The quantitative estimate of drug-likeness (QED) is 0.609. The second-order valence-corrected chi connectivity index (χ2v) is 6.00. The Morgan fingerprint density at radius 1 is 1.33 bits per heavy atom. The summed E-state index contributed by atoms with van der Waals surface area (Å²) in [6.45, 7) is 1.81. The van der Waals surface area contributed by atoms with E-state index in [1.165, 1.54) is 7.11 Å². The van der Waals surface area contributed by atoms with Crippen molar-refractivity contribution in [3.05, 3.63) is 58.3 Å². The molecule has 0 aliphatic heterocycles. The SMILES string of the molecule is CO/N=C(/CC(C)C(=O)Nc1cccnc1)c1ccc(Cl)c(Cl)c1. The summed E-state index contributed by atoms with van der Waals surface area (Å²) in [5.41, 5.74) is 2.02. The minimum Gasteiger partial charge on any atom is -0.399 e. The van der Waals surface area contributed by atoms with Crippen molar-refractivity contribution in [2.24, 2.45) is 11.1 Å². The van der Waals surface area contributed by atoms with E-state index in [0.717, 1.165) is 5.56 Å². The molecule has 1 atom stereocenters. The van der Waals surface area contributed by atoms with Crippen LogP contribution in [0.5, 0.6) is 0 Å². The van der Waals surface area contributed by atoms with Crippen molar-refractivity contribution in [3.63, 3.8) is 0 Å². The van der Waals surface area contributed by atoms with Gasteiger partial charge in [0.1, 0.15) is 7.11 Å². The third-order valence-corrected chi connectivity index (χ3v) is 4.07. The summed E-state index contributed by atoms with van der Waals surface area (Å²) in [6.07, 6.45) is 3.62. The van der Waals surface area contributed by atoms with Crippen molar-refractivity contribution in [2.75, 3.05) is 12.4 Å². The van der Waals surface area contributed by atoms with Crippen molar-refractivity contribution in [1.82, 2.24) is 4.98 Å². The molecule has 0 saturated carbocycles. The maximum Gasteiger partial charge on any atom is 0.227 e. The fourth-order valence-corrected chi connectivity index (χ4v) is 2.38. The van der Waals surface area contributed by atoms with Gasteiger partial charge in [-0.2, -0.15) is 0 Å². The minimum absolute atomic E-state index is 0.133. The van der Waals surface area contributed by atoms with Gasteiger partial charge in [0.2, 0.25) is 5.91 Å². The molecule has 0 bridgehead atoms. The molecule has 0 aliphatic rings. The Labute approximate surface area is 150 Å². The molecular formula is C17H17Cl2N3O2. The van der Waals surface area contributed by atoms with Crippen LogP contribution in [-0.2, 0) is 9.63 Å². The Kier molecular flexibility index (Phi) is 6.58. The van der Waals surface area contributed by atoms with Gasteiger partial charge in [0.25, 0.3) is 0 Å². The smallest absolute Gasteiger partial charge is 0.227 e. The van der Waals surface area contributed by atoms with Gasteiger partial charge in [-0.05, 0) is 24.3 Å². The third kappa shape index (κ3) is 4.94. The highest BCUT2D eigenvalue weighted by Gasteiger charge is 2.18. The lowest BCUT2D eigenvalue weighted by Crippen LogP contribution is -2.23. The third-order valence-electron chi connectivity index (χ3n) is 3.33. The lowest BCUT2D eigenvalue weighted by molar-refractivity contribution is -0.119. The molecule has 1 amide bonds. The average Bonchev–Trinajstić information content (AvgIpc) is 2.57. The molecule has 1 unspecified atom stereocenters. The molecule has 5 nitrogen and oxygen atoms in total. The van der Waals surface area contributed by atoms with Gasteiger partial charge in [-0.3, -0.25) is 9.78 Å². The molecule has 0 fully saturated rings. The summed E-state index contributed by atoms with van der Waals surface area (Å²) >= 11 is 12.0. The Hall–Kier alpha value is -2.11. The van der Waals surface area contributed by atoms with Crippen LogP contribution >= 0.6 is 23.2 Å². The number of carbonyl (C=O) groups excluding carboxylic acids is 1. The highest BCUT2D eigenvalue weighted by Crippen LogP contribution is 2.24. The fraction of sp³-hybridized carbons (Fsp3) is 0.235. The Balaban J connectivity index is 2.10. The number of hydrogen-bond acceptors (Lipinski definition) is 4. The molecule has 1 heterocycles. The van der Waals surface area contributed by atoms with E-state index in [2.05, 4.69) is 15.5 Å². The minimum atomic E-state index is -0.325. The van der Waals surface area contributed by atoms with E-state index in [1.54, 1.807) is 42.7 Å². The number of oxime groups is 1. The second-order valence-electron chi connectivity index (χ2n) is 5.19. The first-order valence-corrected chi connectivity index (χ1v) is 8.03. The van der Waals surface area contributed by atoms with E-state index < -0.39 is 0 Å². The maximum atomic E-state index is 12.3. The van der Waals surface area contributed by atoms with E-state index >= 15 is 0 Å². The van der Waals surface area contributed by atoms with Crippen LogP contribution in [-0.4, -0.2) is 23.7 Å². The number of nitrogens with one attached hydrogen (secondary N) is 1. The number of amides is 1. The molecule has 126 valence electrons. The fourth-order valence-electron chi connectivity index (χ4n) is 2.08. The zero-order valence-corrected chi connectivity index (χ0v) is 14.8. The van der Waals surface area contributed by atoms with Crippen molar-refractivity contribution < 1.29 is 9.63 Å². The van der Waals surface area contributed by atoms with Gasteiger partial charge in [-0.1, -0.05) is 41.3 Å². The van der Waals surface area contributed by atoms with Crippen molar-refractivity contribution in [3.8, 4) is 0 Å². The van der Waals surface area contributed by atoms with Crippen molar-refractivity contribution in [1.29, 1.82) is 0 Å². The first-order chi connectivity index (χ1) is 11.5. The summed E-state index contributed by atoms with van der Waals surface area (Å²) in [4.78, 5) is 21.2. The number of rotatable bonds is 6. The molecule has 2 rings (SSSR count). The molecular weight excluding hydrogens is 349 g/mol. The average molecular weight is 366 g/mol. The predicted molar refractivity (Wildman–Crippen MR) is 96.7 cm³/mol. The monoisotopic (exact) mass is 365 g/mol. The van der Waals surface area contributed by atoms with E-state index in [-0.39, 0.29) is 11.8 Å². The van der Waals surface area contributed by atoms with Crippen LogP contribution in [0.2, 0.25) is 10.0 Å². The predicted octanol–water partition coefficient (Wildman–Crippen LogP) is 4.40. The van der Waals surface area contributed by atoms with Crippen LogP contribution in [0.4, 0.5) is 5.69 Å². The van der Waals surface area contributed by atoms with E-state index in [9.17, 15) is 4.79 Å². The summed E-state index contributed by atoms with van der Waals surface area (Å²) in [7, 11) is 1.46. The molecule has 1 aromatic carbocycles. The van der Waals surface area contributed by atoms with Gasteiger partial charge in [0.15, 0.2) is 0 Å². The second kappa shape index (κ2) is 8.66. The van der Waals surface area contributed by atoms with Crippen LogP contribution in [0.15, 0.2) is 47.9 Å². The molecule has 1 N–H and O–H groups in total. The summed E-state index contributed by atoms with van der Waals surface area (Å²) in [6, 6.07) is 8.71. The van der Waals surface area contributed by atoms with Gasteiger partial charge in [-0.25, -0.2) is 0 Å². The first kappa shape index (κ1) is 18.2. The zero-order chi connectivity index (χ0) is 17.5. The van der Waals surface area contributed by atoms with Crippen LogP contribution in [0.25, 0.3) is 0 Å². The van der Waals surface area contributed by atoms with Gasteiger partial charge < -0.3 is 10.2 Å². The standard InChI is InChI=1S/C17H17Cl2N3O2/c1-11(17(23)21-13-4-3-7-20-10-13)8-16(22-24-2)12-5-6-14(18)15(19)9-12/h3-7,9-11H,8H2,1-2H3,(H,21,23)/b22-16-. The van der Waals surface area contributed by atoms with Crippen LogP contribution in [0.3, 0.4) is 0 Å². The summed E-state index contributed by atoms with van der Waals surface area (Å²) < 4.78 is 0. The molecule has 2 aromatic rings. The lowest BCUT2D eigenvalue weighted by atomic mass is 9.98. The molecule has 7 heteroatoms.